The lowest BCUT2D eigenvalue weighted by molar-refractivity contribution is 0.220. The topological polar surface area (TPSA) is 6.48 Å². The van der Waals surface area contributed by atoms with Crippen molar-refractivity contribution in [1.82, 2.24) is 9.80 Å². The molecule has 2 heteroatoms. The average Bonchev–Trinajstić information content (AvgIpc) is 2.95. The van der Waals surface area contributed by atoms with Crippen LogP contribution < -0.4 is 0 Å². The van der Waals surface area contributed by atoms with Crippen molar-refractivity contribution in [3.8, 4) is 0 Å². The van der Waals surface area contributed by atoms with Gasteiger partial charge in [-0.15, -0.1) is 0 Å². The quantitative estimate of drug-likeness (QED) is 0.698. The third kappa shape index (κ3) is 2.54. The van der Waals surface area contributed by atoms with Gasteiger partial charge in [0.05, 0.1) is 0 Å². The zero-order valence-corrected chi connectivity index (χ0v) is 9.83. The van der Waals surface area contributed by atoms with Crippen molar-refractivity contribution < 1.29 is 0 Å². The van der Waals surface area contributed by atoms with E-state index in [9.17, 15) is 0 Å². The molecular weight excluding hydrogens is 184 g/mol. The van der Waals surface area contributed by atoms with Crippen LogP contribution in [0.5, 0.6) is 0 Å². The van der Waals surface area contributed by atoms with Crippen LogP contribution in [0, 0.1) is 11.8 Å². The lowest BCUT2D eigenvalue weighted by Crippen LogP contribution is -2.35. The normalized spacial score (nSPS) is 37.6. The minimum absolute atomic E-state index is 1.11. The van der Waals surface area contributed by atoms with Crippen LogP contribution in [0.4, 0.5) is 0 Å². The van der Waals surface area contributed by atoms with E-state index in [1.807, 2.05) is 0 Å². The average molecular weight is 208 g/mol. The largest absolute Gasteiger partial charge is 0.302 e. The van der Waals surface area contributed by atoms with Crippen LogP contribution in [0.2, 0.25) is 0 Å². The van der Waals surface area contributed by atoms with Gasteiger partial charge in [0.1, 0.15) is 0 Å². The summed E-state index contributed by atoms with van der Waals surface area (Å²) in [6.45, 7) is 8.23. The van der Waals surface area contributed by atoms with Crippen molar-refractivity contribution in [3.05, 3.63) is 0 Å². The second-order valence-corrected chi connectivity index (χ2v) is 5.77. The Bertz CT molecular complexity index is 199. The minimum Gasteiger partial charge on any atom is -0.302 e. The highest BCUT2D eigenvalue weighted by Crippen LogP contribution is 2.44. The monoisotopic (exact) mass is 208 g/mol. The number of nitrogens with zero attached hydrogens (tertiary/aromatic N) is 2. The Balaban J connectivity index is 1.37. The van der Waals surface area contributed by atoms with E-state index in [0.717, 1.165) is 11.8 Å². The molecule has 2 heterocycles. The molecule has 2 saturated heterocycles. The summed E-state index contributed by atoms with van der Waals surface area (Å²) in [5.41, 5.74) is 0. The van der Waals surface area contributed by atoms with Gasteiger partial charge in [0.15, 0.2) is 0 Å². The van der Waals surface area contributed by atoms with Gasteiger partial charge in [-0.2, -0.15) is 0 Å². The Kier molecular flexibility index (Phi) is 2.98. The molecule has 0 radical (unpaired) electrons. The molecule has 0 aromatic carbocycles. The third-order valence-corrected chi connectivity index (χ3v) is 4.49. The third-order valence-electron chi connectivity index (χ3n) is 4.49. The van der Waals surface area contributed by atoms with Crippen LogP contribution in [0.15, 0.2) is 0 Å². The van der Waals surface area contributed by atoms with Crippen LogP contribution in [-0.4, -0.2) is 49.1 Å². The van der Waals surface area contributed by atoms with Crippen LogP contribution >= 0.6 is 0 Å². The van der Waals surface area contributed by atoms with Gasteiger partial charge in [-0.25, -0.2) is 0 Å². The molecule has 0 aromatic rings. The highest BCUT2D eigenvalue weighted by Gasteiger charge is 2.44. The summed E-state index contributed by atoms with van der Waals surface area (Å²) in [6.07, 6.45) is 7.34. The standard InChI is InChI=1S/C13H24N2/c1-2-4-6-14(5-3-1)7-8-15-10-12-9-13(12)11-15/h12-13H,1-11H2. The number of hydrogen-bond acceptors (Lipinski definition) is 2. The zero-order chi connectivity index (χ0) is 10.1. The molecule has 0 bridgehead atoms. The van der Waals surface area contributed by atoms with E-state index in [2.05, 4.69) is 9.80 Å². The van der Waals surface area contributed by atoms with E-state index < -0.39 is 0 Å². The highest BCUT2D eigenvalue weighted by atomic mass is 15.2. The Morgan fingerprint density at radius 1 is 0.733 bits per heavy atom. The predicted molar refractivity (Wildman–Crippen MR) is 62.9 cm³/mol. The zero-order valence-electron chi connectivity index (χ0n) is 9.83. The number of rotatable bonds is 3. The number of piperidine rings is 1. The summed E-state index contributed by atoms with van der Waals surface area (Å²) < 4.78 is 0. The van der Waals surface area contributed by atoms with Gasteiger partial charge in [0, 0.05) is 26.2 Å². The van der Waals surface area contributed by atoms with Crippen molar-refractivity contribution in [2.24, 2.45) is 11.8 Å². The maximum absolute atomic E-state index is 2.70. The molecule has 2 aliphatic heterocycles. The van der Waals surface area contributed by atoms with Gasteiger partial charge < -0.3 is 9.80 Å². The first-order valence-corrected chi connectivity index (χ1v) is 6.86. The van der Waals surface area contributed by atoms with Gasteiger partial charge in [-0.1, -0.05) is 12.8 Å². The first kappa shape index (κ1) is 10.1. The number of likely N-dealkylation sites (tertiary alicyclic amines) is 2. The fourth-order valence-corrected chi connectivity index (χ4v) is 3.32. The molecule has 3 aliphatic rings. The lowest BCUT2D eigenvalue weighted by Gasteiger charge is -2.24. The molecule has 3 rings (SSSR count). The molecular formula is C13H24N2. The molecule has 0 aromatic heterocycles. The van der Waals surface area contributed by atoms with Gasteiger partial charge >= 0.3 is 0 Å². The van der Waals surface area contributed by atoms with Crippen LogP contribution in [-0.2, 0) is 0 Å². The van der Waals surface area contributed by atoms with Gasteiger partial charge in [-0.3, -0.25) is 0 Å². The van der Waals surface area contributed by atoms with Gasteiger partial charge in [0.25, 0.3) is 0 Å². The van der Waals surface area contributed by atoms with Gasteiger partial charge in [0.2, 0.25) is 0 Å². The summed E-state index contributed by atoms with van der Waals surface area (Å²) in [6, 6.07) is 0. The Morgan fingerprint density at radius 2 is 1.33 bits per heavy atom. The van der Waals surface area contributed by atoms with Crippen LogP contribution in [0.3, 0.4) is 0 Å². The molecule has 3 fully saturated rings. The second-order valence-electron chi connectivity index (χ2n) is 5.77. The predicted octanol–water partition coefficient (Wildman–Crippen LogP) is 1.81. The van der Waals surface area contributed by atoms with E-state index in [-0.39, 0.29) is 0 Å². The lowest BCUT2D eigenvalue weighted by atomic mass is 10.2. The number of hydrogen-bond donors (Lipinski definition) is 0. The van der Waals surface area contributed by atoms with Crippen molar-refractivity contribution in [1.29, 1.82) is 0 Å². The molecule has 0 amide bonds. The fourth-order valence-electron chi connectivity index (χ4n) is 3.32. The van der Waals surface area contributed by atoms with Crippen molar-refractivity contribution in [2.45, 2.75) is 32.1 Å². The van der Waals surface area contributed by atoms with Crippen molar-refractivity contribution in [3.63, 3.8) is 0 Å². The fraction of sp³-hybridized carbons (Fsp3) is 1.00. The maximum atomic E-state index is 2.70. The molecule has 0 N–H and O–H groups in total. The first-order valence-electron chi connectivity index (χ1n) is 6.86. The molecule has 15 heavy (non-hydrogen) atoms. The minimum atomic E-state index is 1.11. The van der Waals surface area contributed by atoms with E-state index in [1.165, 1.54) is 65.0 Å². The van der Waals surface area contributed by atoms with E-state index in [4.69, 9.17) is 0 Å². The first-order chi connectivity index (χ1) is 7.42. The van der Waals surface area contributed by atoms with E-state index in [0.29, 0.717) is 0 Å². The summed E-state index contributed by atoms with van der Waals surface area (Å²) in [5, 5.41) is 0. The molecule has 2 atom stereocenters. The van der Waals surface area contributed by atoms with E-state index in [1.54, 1.807) is 6.42 Å². The second kappa shape index (κ2) is 4.42. The molecule has 2 nitrogen and oxygen atoms in total. The number of fused-ring (bicyclic) bond motifs is 1. The van der Waals surface area contributed by atoms with Crippen molar-refractivity contribution in [2.75, 3.05) is 39.3 Å². The summed E-state index contributed by atoms with van der Waals surface area (Å²) >= 11 is 0. The van der Waals surface area contributed by atoms with E-state index >= 15 is 0 Å². The Hall–Kier alpha value is -0.0800. The smallest absolute Gasteiger partial charge is 0.0110 e. The molecule has 0 spiro atoms. The molecule has 1 saturated carbocycles. The SMILES string of the molecule is C1CCCN(CCN2CC3CC3C2)CC1. The molecule has 2 unspecified atom stereocenters. The molecule has 86 valence electrons. The Labute approximate surface area is 93.6 Å². The van der Waals surface area contributed by atoms with Crippen LogP contribution in [0.25, 0.3) is 0 Å². The summed E-state index contributed by atoms with van der Waals surface area (Å²) in [5.74, 6) is 2.21. The summed E-state index contributed by atoms with van der Waals surface area (Å²) in [7, 11) is 0. The summed E-state index contributed by atoms with van der Waals surface area (Å²) in [4.78, 5) is 5.39. The van der Waals surface area contributed by atoms with Crippen LogP contribution in [0.1, 0.15) is 32.1 Å². The molecule has 1 aliphatic carbocycles. The Morgan fingerprint density at radius 3 is 2.00 bits per heavy atom. The highest BCUT2D eigenvalue weighted by molar-refractivity contribution is 4.96. The van der Waals surface area contributed by atoms with Crippen molar-refractivity contribution >= 4 is 0 Å². The maximum Gasteiger partial charge on any atom is 0.0110 e. The van der Waals surface area contributed by atoms with Gasteiger partial charge in [-0.05, 0) is 44.2 Å².